The Morgan fingerprint density at radius 1 is 1.05 bits per heavy atom. The zero-order chi connectivity index (χ0) is 14.5. The van der Waals surface area contributed by atoms with Gasteiger partial charge >= 0.3 is 0 Å². The van der Waals surface area contributed by atoms with Crippen molar-refractivity contribution in [3.63, 3.8) is 0 Å². The normalized spacial score (nSPS) is 9.60. The fraction of sp³-hybridized carbons (Fsp3) is 0.0667. The fourth-order valence-electron chi connectivity index (χ4n) is 1.62. The van der Waals surface area contributed by atoms with Gasteiger partial charge in [0.2, 0.25) is 0 Å². The van der Waals surface area contributed by atoms with Crippen LogP contribution < -0.4 is 4.74 Å². The van der Waals surface area contributed by atoms with E-state index < -0.39 is 11.6 Å². The predicted molar refractivity (Wildman–Crippen MR) is 66.6 cm³/mol. The Morgan fingerprint density at radius 3 is 2.50 bits per heavy atom. The highest BCUT2D eigenvalue weighted by Gasteiger charge is 2.10. The van der Waals surface area contributed by atoms with Crippen LogP contribution in [0, 0.1) is 34.3 Å². The molecule has 0 heterocycles. The summed E-state index contributed by atoms with van der Waals surface area (Å²) in [6.45, 7) is -0.204. The molecular weight excluding hydrogens is 262 g/mol. The predicted octanol–water partition coefficient (Wildman–Crippen LogP) is 3.29. The molecule has 0 atom stereocenters. The quantitative estimate of drug-likeness (QED) is 0.859. The van der Waals surface area contributed by atoms with Gasteiger partial charge in [0.1, 0.15) is 18.5 Å². The molecule has 0 saturated heterocycles. The Balaban J connectivity index is 2.18. The van der Waals surface area contributed by atoms with Crippen molar-refractivity contribution in [3.05, 3.63) is 64.7 Å². The second-order valence-electron chi connectivity index (χ2n) is 3.94. The smallest absolute Gasteiger partial charge is 0.166 e. The number of hydrogen-bond donors (Lipinski definition) is 0. The first-order chi connectivity index (χ1) is 9.65. The number of rotatable bonds is 3. The van der Waals surface area contributed by atoms with Crippen LogP contribution in [0.2, 0.25) is 0 Å². The lowest BCUT2D eigenvalue weighted by atomic mass is 10.1. The molecule has 0 spiro atoms. The minimum absolute atomic E-state index is 0.0780. The summed E-state index contributed by atoms with van der Waals surface area (Å²) in [5, 5.41) is 17.3. The van der Waals surface area contributed by atoms with Crippen molar-refractivity contribution >= 4 is 0 Å². The first kappa shape index (κ1) is 13.5. The van der Waals surface area contributed by atoms with E-state index in [2.05, 4.69) is 0 Å². The molecule has 0 aliphatic heterocycles. The van der Waals surface area contributed by atoms with Gasteiger partial charge in [-0.1, -0.05) is 12.1 Å². The zero-order valence-corrected chi connectivity index (χ0v) is 10.2. The van der Waals surface area contributed by atoms with Crippen LogP contribution in [0.4, 0.5) is 8.78 Å². The first-order valence-electron chi connectivity index (χ1n) is 5.65. The molecule has 0 amide bonds. The monoisotopic (exact) mass is 270 g/mol. The first-order valence-corrected chi connectivity index (χ1v) is 5.65. The molecule has 2 rings (SSSR count). The summed E-state index contributed by atoms with van der Waals surface area (Å²) in [6.07, 6.45) is 0. The van der Waals surface area contributed by atoms with Crippen molar-refractivity contribution in [2.24, 2.45) is 0 Å². The molecule has 0 N–H and O–H groups in total. The molecule has 0 aromatic heterocycles. The van der Waals surface area contributed by atoms with Crippen molar-refractivity contribution in [3.8, 4) is 17.9 Å². The van der Waals surface area contributed by atoms with Gasteiger partial charge in [-0.05, 0) is 24.3 Å². The lowest BCUT2D eigenvalue weighted by molar-refractivity contribution is 0.284. The SMILES string of the molecule is N#Cc1ccc(OCc2cccc(C#N)c2F)c(F)c1. The van der Waals surface area contributed by atoms with Gasteiger partial charge in [-0.3, -0.25) is 0 Å². The van der Waals surface area contributed by atoms with Gasteiger partial charge in [0.25, 0.3) is 0 Å². The highest BCUT2D eigenvalue weighted by atomic mass is 19.1. The van der Waals surface area contributed by atoms with Crippen LogP contribution in [-0.2, 0) is 6.61 Å². The molecule has 98 valence electrons. The third-order valence-electron chi connectivity index (χ3n) is 2.64. The summed E-state index contributed by atoms with van der Waals surface area (Å²) in [5.41, 5.74) is 0.242. The van der Waals surface area contributed by atoms with Crippen LogP contribution in [0.25, 0.3) is 0 Å². The van der Waals surface area contributed by atoms with Crippen molar-refractivity contribution < 1.29 is 13.5 Å². The Bertz CT molecular complexity index is 730. The topological polar surface area (TPSA) is 56.8 Å². The second-order valence-corrected chi connectivity index (χ2v) is 3.94. The second kappa shape index (κ2) is 5.81. The standard InChI is InChI=1S/C15H8F2N2O/c16-13-6-10(7-18)4-5-14(13)20-9-12-3-1-2-11(8-19)15(12)17/h1-6H,9H2. The van der Waals surface area contributed by atoms with Crippen LogP contribution in [-0.4, -0.2) is 0 Å². The van der Waals surface area contributed by atoms with Crippen molar-refractivity contribution in [1.82, 2.24) is 0 Å². The van der Waals surface area contributed by atoms with Gasteiger partial charge in [0, 0.05) is 5.56 Å². The maximum absolute atomic E-state index is 13.8. The van der Waals surface area contributed by atoms with Gasteiger partial charge in [0.15, 0.2) is 11.6 Å². The van der Waals surface area contributed by atoms with Crippen molar-refractivity contribution in [1.29, 1.82) is 10.5 Å². The molecule has 5 heteroatoms. The van der Waals surface area contributed by atoms with E-state index in [9.17, 15) is 8.78 Å². The summed E-state index contributed by atoms with van der Waals surface area (Å²) >= 11 is 0. The number of hydrogen-bond acceptors (Lipinski definition) is 3. The number of ether oxygens (including phenoxy) is 1. The summed E-state index contributed by atoms with van der Waals surface area (Å²) in [7, 11) is 0. The maximum atomic E-state index is 13.8. The molecule has 0 radical (unpaired) electrons. The highest BCUT2D eigenvalue weighted by Crippen LogP contribution is 2.20. The van der Waals surface area contributed by atoms with Crippen LogP contribution in [0.1, 0.15) is 16.7 Å². The zero-order valence-electron chi connectivity index (χ0n) is 10.2. The van der Waals surface area contributed by atoms with E-state index >= 15 is 0 Å². The van der Waals surface area contributed by atoms with Crippen LogP contribution in [0.5, 0.6) is 5.75 Å². The van der Waals surface area contributed by atoms with E-state index in [0.29, 0.717) is 0 Å². The third kappa shape index (κ3) is 2.73. The van der Waals surface area contributed by atoms with E-state index in [1.54, 1.807) is 12.1 Å². The average molecular weight is 270 g/mol. The van der Waals surface area contributed by atoms with E-state index in [1.165, 1.54) is 30.3 Å². The number of benzene rings is 2. The number of halogens is 2. The average Bonchev–Trinajstić information content (AvgIpc) is 2.47. The summed E-state index contributed by atoms with van der Waals surface area (Å²) in [4.78, 5) is 0. The van der Waals surface area contributed by atoms with E-state index in [4.69, 9.17) is 15.3 Å². The van der Waals surface area contributed by atoms with Crippen molar-refractivity contribution in [2.75, 3.05) is 0 Å². The third-order valence-corrected chi connectivity index (χ3v) is 2.64. The summed E-state index contributed by atoms with van der Waals surface area (Å²) in [6, 6.07) is 11.6. The lowest BCUT2D eigenvalue weighted by Crippen LogP contribution is -2.01. The lowest BCUT2D eigenvalue weighted by Gasteiger charge is -2.08. The molecule has 0 unspecified atom stereocenters. The molecule has 0 aliphatic rings. The van der Waals surface area contributed by atoms with Gasteiger partial charge in [-0.2, -0.15) is 10.5 Å². The number of nitrogens with zero attached hydrogens (tertiary/aromatic N) is 2. The molecule has 0 bridgehead atoms. The molecule has 0 saturated carbocycles. The van der Waals surface area contributed by atoms with Gasteiger partial charge in [0.05, 0.1) is 17.2 Å². The molecule has 0 aliphatic carbocycles. The van der Waals surface area contributed by atoms with Gasteiger partial charge < -0.3 is 4.74 Å². The Labute approximate surface area is 114 Å². The minimum Gasteiger partial charge on any atom is -0.486 e. The fourth-order valence-corrected chi connectivity index (χ4v) is 1.62. The minimum atomic E-state index is -0.694. The summed E-state index contributed by atoms with van der Waals surface area (Å²) in [5.74, 6) is -1.45. The van der Waals surface area contributed by atoms with E-state index in [1.807, 2.05) is 0 Å². The van der Waals surface area contributed by atoms with Crippen molar-refractivity contribution in [2.45, 2.75) is 6.61 Å². The summed E-state index contributed by atoms with van der Waals surface area (Å²) < 4.78 is 32.5. The molecule has 2 aromatic rings. The highest BCUT2D eigenvalue weighted by molar-refractivity contribution is 5.37. The molecule has 2 aromatic carbocycles. The Kier molecular flexibility index (Phi) is 3.93. The maximum Gasteiger partial charge on any atom is 0.166 e. The van der Waals surface area contributed by atoms with Crippen LogP contribution in [0.3, 0.4) is 0 Å². The molecule has 20 heavy (non-hydrogen) atoms. The largest absolute Gasteiger partial charge is 0.486 e. The Hall–Kier alpha value is -2.92. The number of nitriles is 2. The van der Waals surface area contributed by atoms with E-state index in [-0.39, 0.29) is 29.0 Å². The molecule has 3 nitrogen and oxygen atoms in total. The van der Waals surface area contributed by atoms with Crippen LogP contribution >= 0.6 is 0 Å². The Morgan fingerprint density at radius 2 is 1.85 bits per heavy atom. The van der Waals surface area contributed by atoms with Gasteiger partial charge in [-0.15, -0.1) is 0 Å². The van der Waals surface area contributed by atoms with Gasteiger partial charge in [-0.25, -0.2) is 8.78 Å². The molecular formula is C15H8F2N2O. The van der Waals surface area contributed by atoms with Crippen LogP contribution in [0.15, 0.2) is 36.4 Å². The molecule has 0 fully saturated rings. The van der Waals surface area contributed by atoms with E-state index in [0.717, 1.165) is 6.07 Å².